The first kappa shape index (κ1) is 14.0. The second kappa shape index (κ2) is 6.24. The molecule has 3 rings (SSSR count). The second-order valence-corrected chi connectivity index (χ2v) is 5.30. The van der Waals surface area contributed by atoms with E-state index < -0.39 is 0 Å². The summed E-state index contributed by atoms with van der Waals surface area (Å²) in [4.78, 5) is 15.9. The van der Waals surface area contributed by atoms with Crippen molar-refractivity contribution >= 4 is 23.2 Å². The van der Waals surface area contributed by atoms with E-state index in [1.807, 2.05) is 0 Å². The van der Waals surface area contributed by atoms with E-state index in [4.69, 9.17) is 16.3 Å². The largest absolute Gasteiger partial charge is 0.376 e. The Labute approximate surface area is 127 Å². The highest BCUT2D eigenvalue weighted by molar-refractivity contribution is 6.29. The molecule has 1 N–H and O–H groups in total. The molecule has 1 aliphatic rings. The molecule has 1 fully saturated rings. The number of ether oxygens (including phenoxy) is 1. The summed E-state index contributed by atoms with van der Waals surface area (Å²) in [5, 5.41) is 7.36. The number of hydrogen-bond acceptors (Lipinski definition) is 4. The second-order valence-electron chi connectivity index (χ2n) is 4.91. The third-order valence-electron chi connectivity index (χ3n) is 3.30. The fourth-order valence-electron chi connectivity index (χ4n) is 2.24. The number of nitrogens with zero attached hydrogens (tertiary/aromatic N) is 3. The first-order chi connectivity index (χ1) is 10.2. The molecule has 1 unspecified atom stereocenters. The van der Waals surface area contributed by atoms with E-state index in [1.54, 1.807) is 29.2 Å². The quantitative estimate of drug-likeness (QED) is 0.880. The number of rotatable bonds is 4. The summed E-state index contributed by atoms with van der Waals surface area (Å²) in [6.45, 7) is 1.53. The molecule has 0 aromatic carbocycles. The molecule has 0 bridgehead atoms. The zero-order valence-corrected chi connectivity index (χ0v) is 12.1. The lowest BCUT2D eigenvalue weighted by Crippen LogP contribution is -2.15. The molecule has 110 valence electrons. The topological polar surface area (TPSA) is 69.0 Å². The summed E-state index contributed by atoms with van der Waals surface area (Å²) in [7, 11) is 0. The minimum Gasteiger partial charge on any atom is -0.376 e. The lowest BCUT2D eigenvalue weighted by atomic mass is 10.2. The summed E-state index contributed by atoms with van der Waals surface area (Å²) in [5.74, 6) is -0.240. The molecule has 3 heterocycles. The lowest BCUT2D eigenvalue weighted by Gasteiger charge is -2.08. The Balaban J connectivity index is 1.61. The Hall–Kier alpha value is -1.92. The summed E-state index contributed by atoms with van der Waals surface area (Å²) in [6, 6.07) is 3.21. The molecule has 1 aliphatic heterocycles. The Morgan fingerprint density at radius 3 is 3.10 bits per heavy atom. The highest BCUT2D eigenvalue weighted by atomic mass is 35.5. The average molecular weight is 307 g/mol. The zero-order chi connectivity index (χ0) is 14.7. The number of carbonyl (C=O) groups excluding carboxylic acids is 1. The van der Waals surface area contributed by atoms with E-state index in [0.717, 1.165) is 19.4 Å². The minimum absolute atomic E-state index is 0.217. The van der Waals surface area contributed by atoms with Crippen LogP contribution in [0.1, 0.15) is 23.2 Å². The molecule has 1 atom stereocenters. The Morgan fingerprint density at radius 2 is 2.38 bits per heavy atom. The van der Waals surface area contributed by atoms with E-state index in [2.05, 4.69) is 15.4 Å². The number of anilines is 1. The van der Waals surface area contributed by atoms with Crippen molar-refractivity contribution in [3.8, 4) is 0 Å². The van der Waals surface area contributed by atoms with Gasteiger partial charge >= 0.3 is 0 Å². The molecular weight excluding hydrogens is 292 g/mol. The molecule has 1 saturated heterocycles. The van der Waals surface area contributed by atoms with Gasteiger partial charge in [-0.05, 0) is 25.0 Å². The molecule has 0 saturated carbocycles. The van der Waals surface area contributed by atoms with Crippen LogP contribution in [0.25, 0.3) is 0 Å². The van der Waals surface area contributed by atoms with Gasteiger partial charge in [-0.1, -0.05) is 11.6 Å². The van der Waals surface area contributed by atoms with Gasteiger partial charge in [0, 0.05) is 19.0 Å². The zero-order valence-electron chi connectivity index (χ0n) is 11.3. The molecule has 1 amide bonds. The highest BCUT2D eigenvalue weighted by Gasteiger charge is 2.16. The highest BCUT2D eigenvalue weighted by Crippen LogP contribution is 2.15. The number of amides is 1. The standard InChI is InChI=1S/C14H15ClN4O2/c15-13-4-3-10(6-16-13)14(20)18-11-7-17-19(8-11)9-12-2-1-5-21-12/h3-4,6-8,12H,1-2,5,9H2,(H,18,20). The van der Waals surface area contributed by atoms with Crippen LogP contribution in [0.3, 0.4) is 0 Å². The molecule has 7 heteroatoms. The Bertz CT molecular complexity index is 620. The van der Waals surface area contributed by atoms with Crippen molar-refractivity contribution in [3.63, 3.8) is 0 Å². The lowest BCUT2D eigenvalue weighted by molar-refractivity contribution is 0.0940. The maximum Gasteiger partial charge on any atom is 0.257 e. The van der Waals surface area contributed by atoms with Crippen molar-refractivity contribution in [1.29, 1.82) is 0 Å². The van der Waals surface area contributed by atoms with Gasteiger partial charge in [-0.25, -0.2) is 4.98 Å². The van der Waals surface area contributed by atoms with Crippen LogP contribution in [0.4, 0.5) is 5.69 Å². The number of hydrogen-bond donors (Lipinski definition) is 1. The normalized spacial score (nSPS) is 17.9. The first-order valence-corrected chi connectivity index (χ1v) is 7.15. The molecule has 0 spiro atoms. The van der Waals surface area contributed by atoms with Crippen LogP contribution in [0, 0.1) is 0 Å². The molecule has 2 aromatic heterocycles. The molecule has 0 radical (unpaired) electrons. The molecule has 0 aliphatic carbocycles. The van der Waals surface area contributed by atoms with Crippen molar-refractivity contribution in [3.05, 3.63) is 41.4 Å². The monoisotopic (exact) mass is 306 g/mol. The fraction of sp³-hybridized carbons (Fsp3) is 0.357. The number of carbonyl (C=O) groups is 1. The van der Waals surface area contributed by atoms with Crippen LogP contribution < -0.4 is 5.32 Å². The van der Waals surface area contributed by atoms with E-state index >= 15 is 0 Å². The molecule has 2 aromatic rings. The van der Waals surface area contributed by atoms with Crippen molar-refractivity contribution in [1.82, 2.24) is 14.8 Å². The van der Waals surface area contributed by atoms with Gasteiger partial charge in [-0.3, -0.25) is 9.48 Å². The van der Waals surface area contributed by atoms with E-state index in [0.29, 0.717) is 22.9 Å². The predicted octanol–water partition coefficient (Wildman–Crippen LogP) is 2.36. The van der Waals surface area contributed by atoms with Crippen LogP contribution in [-0.2, 0) is 11.3 Å². The first-order valence-electron chi connectivity index (χ1n) is 6.78. The fourth-order valence-corrected chi connectivity index (χ4v) is 2.35. The number of halogens is 1. The van der Waals surface area contributed by atoms with Crippen LogP contribution in [0.2, 0.25) is 5.15 Å². The van der Waals surface area contributed by atoms with E-state index in [1.165, 1.54) is 6.20 Å². The van der Waals surface area contributed by atoms with E-state index in [9.17, 15) is 4.79 Å². The van der Waals surface area contributed by atoms with Crippen molar-refractivity contribution < 1.29 is 9.53 Å². The molecular formula is C14H15ClN4O2. The maximum absolute atomic E-state index is 12.0. The van der Waals surface area contributed by atoms with Gasteiger partial charge in [-0.15, -0.1) is 0 Å². The maximum atomic E-state index is 12.0. The third-order valence-corrected chi connectivity index (χ3v) is 3.52. The van der Waals surface area contributed by atoms with Gasteiger partial charge in [0.25, 0.3) is 5.91 Å². The van der Waals surface area contributed by atoms with Gasteiger partial charge in [0.05, 0.1) is 30.1 Å². The molecule has 6 nitrogen and oxygen atoms in total. The summed E-state index contributed by atoms with van der Waals surface area (Å²) < 4.78 is 7.34. The predicted molar refractivity (Wildman–Crippen MR) is 78.4 cm³/mol. The van der Waals surface area contributed by atoms with Crippen molar-refractivity contribution in [2.75, 3.05) is 11.9 Å². The van der Waals surface area contributed by atoms with Crippen LogP contribution >= 0.6 is 11.6 Å². The van der Waals surface area contributed by atoms with Crippen LogP contribution in [0.5, 0.6) is 0 Å². The van der Waals surface area contributed by atoms with E-state index in [-0.39, 0.29) is 12.0 Å². The summed E-state index contributed by atoms with van der Waals surface area (Å²) in [5.41, 5.74) is 1.10. The average Bonchev–Trinajstić information content (AvgIpc) is 3.12. The van der Waals surface area contributed by atoms with Gasteiger partial charge in [0.2, 0.25) is 0 Å². The molecule has 21 heavy (non-hydrogen) atoms. The van der Waals surface area contributed by atoms with Gasteiger partial charge in [0.1, 0.15) is 5.15 Å². The SMILES string of the molecule is O=C(Nc1cnn(CC2CCCO2)c1)c1ccc(Cl)nc1. The van der Waals surface area contributed by atoms with Crippen LogP contribution in [-0.4, -0.2) is 33.4 Å². The number of aromatic nitrogens is 3. The Kier molecular flexibility index (Phi) is 4.17. The summed E-state index contributed by atoms with van der Waals surface area (Å²) in [6.07, 6.45) is 7.22. The van der Waals surface area contributed by atoms with Gasteiger partial charge < -0.3 is 10.1 Å². The number of nitrogens with one attached hydrogen (secondary N) is 1. The smallest absolute Gasteiger partial charge is 0.257 e. The minimum atomic E-state index is -0.240. The van der Waals surface area contributed by atoms with Gasteiger partial charge in [0.15, 0.2) is 0 Å². The summed E-state index contributed by atoms with van der Waals surface area (Å²) >= 11 is 5.69. The van der Waals surface area contributed by atoms with Crippen molar-refractivity contribution in [2.24, 2.45) is 0 Å². The third kappa shape index (κ3) is 3.59. The van der Waals surface area contributed by atoms with Crippen LogP contribution in [0.15, 0.2) is 30.7 Å². The van der Waals surface area contributed by atoms with Gasteiger partial charge in [-0.2, -0.15) is 5.10 Å². The Morgan fingerprint density at radius 1 is 1.48 bits per heavy atom. The van der Waals surface area contributed by atoms with Crippen molar-refractivity contribution in [2.45, 2.75) is 25.5 Å². The number of pyridine rings is 1.